The van der Waals surface area contributed by atoms with E-state index in [9.17, 15) is 14.4 Å². The molecule has 1 atom stereocenters. The highest BCUT2D eigenvalue weighted by Crippen LogP contribution is 2.30. The largest absolute Gasteiger partial charge is 0.361 e. The SMILES string of the molecule is O=C(CCCN1C(=O)[C@@H]2Cc3ccccc3CN2C1=O)NCCc1c[nH]c2ccc(Cl)cc12. The Kier molecular flexibility index (Phi) is 5.81. The zero-order valence-electron chi connectivity index (χ0n) is 18.1. The van der Waals surface area contributed by atoms with Crippen LogP contribution in [0.2, 0.25) is 5.02 Å². The number of amides is 4. The molecule has 0 saturated carbocycles. The van der Waals surface area contributed by atoms with Crippen molar-refractivity contribution in [1.29, 1.82) is 0 Å². The molecule has 1 saturated heterocycles. The van der Waals surface area contributed by atoms with E-state index in [1.807, 2.05) is 48.7 Å². The number of hydrogen-bond acceptors (Lipinski definition) is 3. The van der Waals surface area contributed by atoms with Gasteiger partial charge in [0.1, 0.15) is 6.04 Å². The average molecular weight is 465 g/mol. The number of nitrogens with one attached hydrogen (secondary N) is 2. The summed E-state index contributed by atoms with van der Waals surface area (Å²) in [7, 11) is 0. The monoisotopic (exact) mass is 464 g/mol. The molecule has 0 bridgehead atoms. The predicted molar refractivity (Wildman–Crippen MR) is 126 cm³/mol. The van der Waals surface area contributed by atoms with Gasteiger partial charge in [-0.3, -0.25) is 14.5 Å². The fourth-order valence-electron chi connectivity index (χ4n) is 4.76. The molecule has 3 heterocycles. The number of benzene rings is 2. The van der Waals surface area contributed by atoms with Crippen LogP contribution in [0.5, 0.6) is 0 Å². The molecule has 33 heavy (non-hydrogen) atoms. The molecule has 2 aromatic carbocycles. The van der Waals surface area contributed by atoms with Gasteiger partial charge in [-0.05, 0) is 47.7 Å². The number of H-pyrrole nitrogens is 1. The first-order valence-corrected chi connectivity index (χ1v) is 11.6. The minimum Gasteiger partial charge on any atom is -0.361 e. The molecule has 1 aromatic heterocycles. The molecular formula is C25H25ClN4O3. The topological polar surface area (TPSA) is 85.5 Å². The number of nitrogens with zero attached hydrogens (tertiary/aromatic N) is 2. The molecular weight excluding hydrogens is 440 g/mol. The van der Waals surface area contributed by atoms with Crippen LogP contribution in [0.25, 0.3) is 10.9 Å². The Morgan fingerprint density at radius 3 is 2.82 bits per heavy atom. The highest BCUT2D eigenvalue weighted by atomic mass is 35.5. The number of hydrogen-bond donors (Lipinski definition) is 2. The number of fused-ring (bicyclic) bond motifs is 3. The van der Waals surface area contributed by atoms with Crippen molar-refractivity contribution in [3.05, 3.63) is 70.4 Å². The van der Waals surface area contributed by atoms with Crippen LogP contribution in [0.3, 0.4) is 0 Å². The molecule has 170 valence electrons. The lowest BCUT2D eigenvalue weighted by molar-refractivity contribution is -0.129. The van der Waals surface area contributed by atoms with E-state index in [-0.39, 0.29) is 30.8 Å². The third kappa shape index (κ3) is 4.20. The maximum Gasteiger partial charge on any atom is 0.327 e. The van der Waals surface area contributed by atoms with Crippen LogP contribution in [0.4, 0.5) is 4.79 Å². The summed E-state index contributed by atoms with van der Waals surface area (Å²) in [6.07, 6.45) is 3.88. The number of aromatic nitrogens is 1. The molecule has 2 aliphatic rings. The summed E-state index contributed by atoms with van der Waals surface area (Å²) in [5.41, 5.74) is 4.32. The molecule has 0 radical (unpaired) electrons. The number of imide groups is 1. The third-order valence-corrected chi connectivity index (χ3v) is 6.74. The summed E-state index contributed by atoms with van der Waals surface area (Å²) in [6.45, 7) is 1.23. The van der Waals surface area contributed by atoms with Gasteiger partial charge in [0.25, 0.3) is 5.91 Å². The Morgan fingerprint density at radius 1 is 1.15 bits per heavy atom. The van der Waals surface area contributed by atoms with E-state index in [1.165, 1.54) is 4.90 Å². The number of halogens is 1. The number of carbonyl (C=O) groups is 3. The van der Waals surface area contributed by atoms with Crippen molar-refractivity contribution in [3.63, 3.8) is 0 Å². The fourth-order valence-corrected chi connectivity index (χ4v) is 4.93. The summed E-state index contributed by atoms with van der Waals surface area (Å²) in [5.74, 6) is -0.245. The quantitative estimate of drug-likeness (QED) is 0.523. The van der Waals surface area contributed by atoms with Gasteiger partial charge in [-0.25, -0.2) is 4.79 Å². The van der Waals surface area contributed by atoms with Crippen LogP contribution < -0.4 is 5.32 Å². The second-order valence-corrected chi connectivity index (χ2v) is 9.03. The lowest BCUT2D eigenvalue weighted by Gasteiger charge is -2.28. The Balaban J connectivity index is 1.09. The number of carbonyl (C=O) groups excluding carboxylic acids is 3. The average Bonchev–Trinajstić information content (AvgIpc) is 3.31. The normalized spacial score (nSPS) is 17.4. The van der Waals surface area contributed by atoms with E-state index in [0.29, 0.717) is 37.4 Å². The van der Waals surface area contributed by atoms with Gasteiger partial charge in [-0.1, -0.05) is 35.9 Å². The van der Waals surface area contributed by atoms with E-state index >= 15 is 0 Å². The van der Waals surface area contributed by atoms with E-state index in [1.54, 1.807) is 4.90 Å². The molecule has 5 rings (SSSR count). The lowest BCUT2D eigenvalue weighted by Crippen LogP contribution is -2.39. The summed E-state index contributed by atoms with van der Waals surface area (Å²) in [4.78, 5) is 44.1. The first-order valence-electron chi connectivity index (χ1n) is 11.2. The predicted octanol–water partition coefficient (Wildman–Crippen LogP) is 3.65. The van der Waals surface area contributed by atoms with Crippen molar-refractivity contribution in [2.75, 3.05) is 13.1 Å². The van der Waals surface area contributed by atoms with Crippen LogP contribution >= 0.6 is 11.6 Å². The molecule has 3 aromatic rings. The van der Waals surface area contributed by atoms with Gasteiger partial charge in [-0.2, -0.15) is 0 Å². The minimum absolute atomic E-state index is 0.0860. The summed E-state index contributed by atoms with van der Waals surface area (Å²) in [5, 5.41) is 4.66. The van der Waals surface area contributed by atoms with Gasteiger partial charge in [0.05, 0.1) is 0 Å². The second kappa shape index (κ2) is 8.90. The number of urea groups is 1. The molecule has 2 N–H and O–H groups in total. The molecule has 2 aliphatic heterocycles. The van der Waals surface area contributed by atoms with Gasteiger partial charge in [0.2, 0.25) is 5.91 Å². The van der Waals surface area contributed by atoms with Gasteiger partial charge >= 0.3 is 6.03 Å². The first kappa shape index (κ1) is 21.5. The molecule has 4 amide bonds. The summed E-state index contributed by atoms with van der Waals surface area (Å²) >= 11 is 6.09. The molecule has 0 unspecified atom stereocenters. The zero-order chi connectivity index (χ0) is 22.9. The maximum atomic E-state index is 12.8. The summed E-state index contributed by atoms with van der Waals surface area (Å²) in [6, 6.07) is 12.9. The van der Waals surface area contributed by atoms with Crippen molar-refractivity contribution < 1.29 is 14.4 Å². The maximum absolute atomic E-state index is 12.8. The van der Waals surface area contributed by atoms with E-state index < -0.39 is 6.04 Å². The molecule has 0 aliphatic carbocycles. The Labute approximate surface area is 196 Å². The van der Waals surface area contributed by atoms with Gasteiger partial charge in [0.15, 0.2) is 0 Å². The first-order chi connectivity index (χ1) is 16.0. The minimum atomic E-state index is -0.425. The Hall–Kier alpha value is -3.32. The Bertz CT molecular complexity index is 1190. The van der Waals surface area contributed by atoms with Crippen molar-refractivity contribution in [3.8, 4) is 0 Å². The van der Waals surface area contributed by atoms with Crippen LogP contribution in [0.15, 0.2) is 48.7 Å². The molecule has 1 fully saturated rings. The van der Waals surface area contributed by atoms with E-state index in [4.69, 9.17) is 11.6 Å². The van der Waals surface area contributed by atoms with E-state index in [0.717, 1.165) is 27.6 Å². The van der Waals surface area contributed by atoms with Crippen molar-refractivity contribution in [1.82, 2.24) is 20.1 Å². The highest BCUT2D eigenvalue weighted by Gasteiger charge is 2.46. The number of aromatic amines is 1. The number of rotatable bonds is 7. The van der Waals surface area contributed by atoms with E-state index in [2.05, 4.69) is 10.3 Å². The highest BCUT2D eigenvalue weighted by molar-refractivity contribution is 6.31. The fraction of sp³-hybridized carbons (Fsp3) is 0.320. The van der Waals surface area contributed by atoms with Gasteiger partial charge in [-0.15, -0.1) is 0 Å². The Morgan fingerprint density at radius 2 is 1.97 bits per heavy atom. The smallest absolute Gasteiger partial charge is 0.327 e. The third-order valence-electron chi connectivity index (χ3n) is 6.51. The van der Waals surface area contributed by atoms with Crippen LogP contribution in [0, 0.1) is 0 Å². The standard InChI is InChI=1S/C25H25ClN4O3/c26-19-7-8-21-20(13-19)17(14-28-21)9-10-27-23(31)6-3-11-29-24(32)22-12-16-4-1-2-5-18(16)15-30(22)25(29)33/h1-2,4-5,7-8,13-14,22,28H,3,6,9-12,15H2,(H,27,31)/t22-/m0/s1. The lowest BCUT2D eigenvalue weighted by atomic mass is 9.95. The van der Waals surface area contributed by atoms with Crippen molar-refractivity contribution >= 4 is 40.3 Å². The second-order valence-electron chi connectivity index (χ2n) is 8.60. The molecule has 0 spiro atoms. The van der Waals surface area contributed by atoms with Crippen LogP contribution in [0.1, 0.15) is 29.5 Å². The van der Waals surface area contributed by atoms with Crippen molar-refractivity contribution in [2.45, 2.75) is 38.3 Å². The molecule has 7 nitrogen and oxygen atoms in total. The van der Waals surface area contributed by atoms with Gasteiger partial charge in [0, 0.05) is 54.6 Å². The summed E-state index contributed by atoms with van der Waals surface area (Å²) < 4.78 is 0. The van der Waals surface area contributed by atoms with Crippen LogP contribution in [-0.2, 0) is 29.0 Å². The van der Waals surface area contributed by atoms with Crippen LogP contribution in [-0.4, -0.2) is 51.8 Å². The van der Waals surface area contributed by atoms with Gasteiger partial charge < -0.3 is 15.2 Å². The molecule has 8 heteroatoms. The zero-order valence-corrected chi connectivity index (χ0v) is 18.9. The van der Waals surface area contributed by atoms with Crippen molar-refractivity contribution in [2.24, 2.45) is 0 Å².